The van der Waals surface area contributed by atoms with E-state index in [9.17, 15) is 43.8 Å². The van der Waals surface area contributed by atoms with Gasteiger partial charge in [0.2, 0.25) is 35.4 Å². The predicted octanol–water partition coefficient (Wildman–Crippen LogP) is -4.29. The SMILES string of the molecule is CSCC[C@H](NC(=O)[C@H](C)NC(=O)[C@H](C)NC(=O)CNC(=O)[C@H](C)N)C(=O)N[C@@H](CO)C(=O)N[C@@H](Cc1cnc[nH]1)C(=O)O. The number of imidazole rings is 1. The molecule has 0 aliphatic heterocycles. The lowest BCUT2D eigenvalue weighted by molar-refractivity contribution is -0.142. The number of rotatable bonds is 19. The summed E-state index contributed by atoms with van der Waals surface area (Å²) in [7, 11) is 0. The van der Waals surface area contributed by atoms with Crippen LogP contribution in [0, 0.1) is 0 Å². The molecule has 19 heteroatoms. The molecule has 0 bridgehead atoms. The zero-order valence-corrected chi connectivity index (χ0v) is 25.7. The van der Waals surface area contributed by atoms with Gasteiger partial charge in [-0.1, -0.05) is 0 Å². The van der Waals surface area contributed by atoms with E-state index in [1.807, 2.05) is 0 Å². The van der Waals surface area contributed by atoms with Crippen molar-refractivity contribution in [1.29, 1.82) is 0 Å². The number of aliphatic hydroxyl groups excluding tert-OH is 1. The Bertz CT molecular complexity index is 1150. The topological polar surface area (TPSA) is 287 Å². The second kappa shape index (κ2) is 19.1. The molecule has 18 nitrogen and oxygen atoms in total. The maximum Gasteiger partial charge on any atom is 0.326 e. The van der Waals surface area contributed by atoms with E-state index in [4.69, 9.17) is 5.73 Å². The third kappa shape index (κ3) is 13.4. The number of nitrogens with zero attached hydrogens (tertiary/aromatic N) is 1. The number of hydrogen-bond donors (Lipinski definition) is 10. The van der Waals surface area contributed by atoms with Crippen molar-refractivity contribution in [3.63, 3.8) is 0 Å². The summed E-state index contributed by atoms with van der Waals surface area (Å²) >= 11 is 1.38. The first-order chi connectivity index (χ1) is 20.7. The Morgan fingerprint density at radius 1 is 0.864 bits per heavy atom. The Labute approximate surface area is 257 Å². The Morgan fingerprint density at radius 2 is 1.43 bits per heavy atom. The molecule has 0 aromatic carbocycles. The van der Waals surface area contributed by atoms with Crippen LogP contribution in [0.1, 0.15) is 32.9 Å². The molecule has 0 saturated heterocycles. The van der Waals surface area contributed by atoms with Crippen LogP contribution < -0.4 is 37.6 Å². The molecule has 1 rings (SSSR count). The normalized spacial score (nSPS) is 14.9. The lowest BCUT2D eigenvalue weighted by atomic mass is 10.1. The molecule has 1 aromatic rings. The van der Waals surface area contributed by atoms with Crippen molar-refractivity contribution >= 4 is 53.2 Å². The average molecular weight is 644 g/mol. The highest BCUT2D eigenvalue weighted by atomic mass is 32.2. The van der Waals surface area contributed by atoms with Crippen LogP contribution >= 0.6 is 11.8 Å². The lowest BCUT2D eigenvalue weighted by Gasteiger charge is -2.25. The largest absolute Gasteiger partial charge is 0.480 e. The molecule has 1 heterocycles. The Morgan fingerprint density at radius 3 is 1.98 bits per heavy atom. The molecule has 0 saturated carbocycles. The first kappa shape index (κ1) is 37.8. The number of amides is 6. The maximum absolute atomic E-state index is 13.0. The number of nitrogens with two attached hydrogens (primary N) is 1. The Hall–Kier alpha value is -4.23. The van der Waals surface area contributed by atoms with E-state index in [0.29, 0.717) is 11.4 Å². The fourth-order valence-corrected chi connectivity index (χ4v) is 3.92. The fourth-order valence-electron chi connectivity index (χ4n) is 3.45. The van der Waals surface area contributed by atoms with Gasteiger partial charge in [0.1, 0.15) is 30.2 Å². The number of carboxylic acid groups (broad SMARTS) is 1. The number of carbonyl (C=O) groups excluding carboxylic acids is 6. The highest BCUT2D eigenvalue weighted by Crippen LogP contribution is 2.04. The van der Waals surface area contributed by atoms with E-state index >= 15 is 0 Å². The number of aliphatic hydroxyl groups is 1. The smallest absolute Gasteiger partial charge is 0.326 e. The third-order valence-electron chi connectivity index (χ3n) is 6.01. The van der Waals surface area contributed by atoms with Gasteiger partial charge in [-0.2, -0.15) is 11.8 Å². The number of hydrogen-bond acceptors (Lipinski definition) is 11. The number of aromatic amines is 1. The molecule has 0 spiro atoms. The van der Waals surface area contributed by atoms with Gasteiger partial charge >= 0.3 is 5.97 Å². The van der Waals surface area contributed by atoms with E-state index in [0.717, 1.165) is 0 Å². The molecule has 6 atom stereocenters. The molecule has 6 amide bonds. The summed E-state index contributed by atoms with van der Waals surface area (Å²) in [5, 5.41) is 33.4. The number of aromatic nitrogens is 2. The highest BCUT2D eigenvalue weighted by Gasteiger charge is 2.31. The molecular formula is C25H41N9O9S. The van der Waals surface area contributed by atoms with Gasteiger partial charge in [-0.05, 0) is 39.2 Å². The molecule has 44 heavy (non-hydrogen) atoms. The molecule has 0 aliphatic rings. The minimum atomic E-state index is -1.53. The van der Waals surface area contributed by atoms with Crippen LogP contribution in [0.25, 0.3) is 0 Å². The number of nitrogens with one attached hydrogen (secondary N) is 7. The van der Waals surface area contributed by atoms with Gasteiger partial charge in [0.15, 0.2) is 0 Å². The summed E-state index contributed by atoms with van der Waals surface area (Å²) < 4.78 is 0. The van der Waals surface area contributed by atoms with Crippen LogP contribution in [-0.2, 0) is 40.0 Å². The van der Waals surface area contributed by atoms with E-state index in [1.54, 1.807) is 6.26 Å². The number of H-pyrrole nitrogens is 1. The van der Waals surface area contributed by atoms with Crippen LogP contribution in [0.5, 0.6) is 0 Å². The van der Waals surface area contributed by atoms with Crippen molar-refractivity contribution in [2.24, 2.45) is 5.73 Å². The molecular weight excluding hydrogens is 602 g/mol. The Kier molecular flexibility index (Phi) is 16.4. The summed E-state index contributed by atoms with van der Waals surface area (Å²) in [6.45, 7) is 2.89. The van der Waals surface area contributed by atoms with Crippen LogP contribution in [0.3, 0.4) is 0 Å². The molecule has 0 aliphatic carbocycles. The van der Waals surface area contributed by atoms with E-state index < -0.39 is 90.8 Å². The summed E-state index contributed by atoms with van der Waals surface area (Å²) in [5.74, 6) is -5.40. The zero-order valence-electron chi connectivity index (χ0n) is 24.8. The molecule has 0 fully saturated rings. The van der Waals surface area contributed by atoms with Gasteiger partial charge in [0, 0.05) is 18.3 Å². The highest BCUT2D eigenvalue weighted by molar-refractivity contribution is 7.98. The van der Waals surface area contributed by atoms with Crippen LogP contribution in [0.4, 0.5) is 0 Å². The zero-order chi connectivity index (χ0) is 33.4. The first-order valence-electron chi connectivity index (χ1n) is 13.5. The van der Waals surface area contributed by atoms with Gasteiger partial charge in [0.25, 0.3) is 0 Å². The van der Waals surface area contributed by atoms with Gasteiger partial charge in [-0.15, -0.1) is 0 Å². The number of carbonyl (C=O) groups is 7. The number of carboxylic acids is 1. The standard InChI is InChI=1S/C25H41N9O9S/c1-12(26)20(37)28-9-19(36)30-13(2)21(38)31-14(3)22(39)32-16(5-6-44-4)23(40)34-18(10-35)24(41)33-17(25(42)43)7-15-8-27-11-29-15/h8,11-14,16-18,35H,5-7,9-10,26H2,1-4H3,(H,27,29)(H,28,37)(H,30,36)(H,31,38)(H,32,39)(H,33,41)(H,34,40)(H,42,43)/t12-,13-,14-,16-,17-,18-/m0/s1. The molecule has 0 radical (unpaired) electrons. The minimum Gasteiger partial charge on any atom is -0.480 e. The number of thioether (sulfide) groups is 1. The second-order valence-electron chi connectivity index (χ2n) is 9.79. The van der Waals surface area contributed by atoms with Crippen molar-refractivity contribution in [2.45, 2.75) is 69.9 Å². The van der Waals surface area contributed by atoms with Crippen molar-refractivity contribution in [2.75, 3.05) is 25.2 Å². The van der Waals surface area contributed by atoms with Crippen molar-refractivity contribution in [1.82, 2.24) is 41.9 Å². The summed E-state index contributed by atoms with van der Waals surface area (Å²) in [4.78, 5) is 92.7. The molecule has 246 valence electrons. The van der Waals surface area contributed by atoms with Gasteiger partial charge < -0.3 is 52.8 Å². The summed E-state index contributed by atoms with van der Waals surface area (Å²) in [5.41, 5.74) is 5.84. The fraction of sp³-hybridized carbons (Fsp3) is 0.600. The van der Waals surface area contributed by atoms with E-state index in [1.165, 1.54) is 45.1 Å². The first-order valence-corrected chi connectivity index (χ1v) is 14.9. The summed E-state index contributed by atoms with van der Waals surface area (Å²) in [6, 6.07) is -7.14. The van der Waals surface area contributed by atoms with E-state index in [-0.39, 0.29) is 12.8 Å². The maximum atomic E-state index is 13.0. The monoisotopic (exact) mass is 643 g/mol. The van der Waals surface area contributed by atoms with Gasteiger partial charge in [-0.3, -0.25) is 28.8 Å². The van der Waals surface area contributed by atoms with Crippen LogP contribution in [-0.4, -0.2) is 123 Å². The van der Waals surface area contributed by atoms with Gasteiger partial charge in [-0.25, -0.2) is 9.78 Å². The molecule has 11 N–H and O–H groups in total. The van der Waals surface area contributed by atoms with Gasteiger partial charge in [0.05, 0.1) is 25.5 Å². The van der Waals surface area contributed by atoms with Crippen molar-refractivity contribution < 1.29 is 43.8 Å². The van der Waals surface area contributed by atoms with Crippen LogP contribution in [0.2, 0.25) is 0 Å². The van der Waals surface area contributed by atoms with Crippen LogP contribution in [0.15, 0.2) is 12.5 Å². The minimum absolute atomic E-state index is 0.121. The quantitative estimate of drug-likeness (QED) is 0.0685. The van der Waals surface area contributed by atoms with E-state index in [2.05, 4.69) is 41.9 Å². The van der Waals surface area contributed by atoms with Crippen molar-refractivity contribution in [3.05, 3.63) is 18.2 Å². The van der Waals surface area contributed by atoms with Crippen molar-refractivity contribution in [3.8, 4) is 0 Å². The molecule has 1 aromatic heterocycles. The average Bonchev–Trinajstić information content (AvgIpc) is 3.48. The molecule has 0 unspecified atom stereocenters. The third-order valence-corrected chi connectivity index (χ3v) is 6.66. The second-order valence-corrected chi connectivity index (χ2v) is 10.8. The lowest BCUT2D eigenvalue weighted by Crippen LogP contribution is -2.59. The number of aliphatic carboxylic acids is 1. The predicted molar refractivity (Wildman–Crippen MR) is 158 cm³/mol. The summed E-state index contributed by atoms with van der Waals surface area (Å²) in [6.07, 6.45) is 4.49. The Balaban J connectivity index is 2.77.